The predicted molar refractivity (Wildman–Crippen MR) is 45.9 cm³/mol. The normalized spacial score (nSPS) is 49.5. The molecule has 5 N–H and O–H groups in total. The van der Waals surface area contributed by atoms with Crippen LogP contribution in [-0.2, 0) is 4.74 Å². The van der Waals surface area contributed by atoms with Crippen molar-refractivity contribution in [2.24, 2.45) is 0 Å². The molecule has 0 aromatic carbocycles. The Balaban J connectivity index is 2.32. The predicted octanol–water partition coefficient (Wildman–Crippen LogP) is -2.69. The van der Waals surface area contributed by atoms with Crippen molar-refractivity contribution in [2.45, 2.75) is 36.4 Å². The van der Waals surface area contributed by atoms with Gasteiger partial charge in [-0.3, -0.25) is 0 Å². The summed E-state index contributed by atoms with van der Waals surface area (Å²) in [4.78, 5) is 11.1. The van der Waals surface area contributed by atoms with Crippen LogP contribution in [0.5, 0.6) is 0 Å². The van der Waals surface area contributed by atoms with E-state index in [1.807, 2.05) is 0 Å². The summed E-state index contributed by atoms with van der Waals surface area (Å²) >= 11 is 0. The molecule has 2 bridgehead atoms. The zero-order valence-electron chi connectivity index (χ0n) is 7.83. The number of carbonyl (C=O) groups excluding carboxylic acids is 1. The highest BCUT2D eigenvalue weighted by Crippen LogP contribution is 2.35. The molecule has 2 rings (SSSR count). The van der Waals surface area contributed by atoms with Crippen molar-refractivity contribution < 1.29 is 30.0 Å². The third-order valence-corrected chi connectivity index (χ3v) is 3.06. The van der Waals surface area contributed by atoms with E-state index in [1.165, 1.54) is 0 Å². The molecule has 1 aliphatic carbocycles. The van der Waals surface area contributed by atoms with Gasteiger partial charge in [-0.2, -0.15) is 0 Å². The molecule has 2 aliphatic rings. The Hall–Kier alpha value is -0.890. The van der Waals surface area contributed by atoms with Crippen LogP contribution < -0.4 is 5.32 Å². The Kier molecular flexibility index (Phi) is 2.34. The van der Waals surface area contributed by atoms with Gasteiger partial charge in [0.2, 0.25) is 0 Å². The summed E-state index contributed by atoms with van der Waals surface area (Å²) in [5.74, 6) is 0. The van der Waals surface area contributed by atoms with Gasteiger partial charge >= 0.3 is 6.09 Å². The minimum absolute atomic E-state index is 0.0641. The van der Waals surface area contributed by atoms with Crippen LogP contribution >= 0.6 is 0 Å². The molecule has 2 fully saturated rings. The van der Waals surface area contributed by atoms with Gasteiger partial charge in [0.15, 0.2) is 5.60 Å². The summed E-state index contributed by atoms with van der Waals surface area (Å²) in [5.41, 5.74) is -1.51. The van der Waals surface area contributed by atoms with Crippen LogP contribution in [0.2, 0.25) is 0 Å². The Morgan fingerprint density at radius 1 is 1.40 bits per heavy atom. The number of alkyl carbamates (subject to hydrolysis) is 1. The second-order valence-corrected chi connectivity index (χ2v) is 3.99. The maximum absolute atomic E-state index is 11.1. The van der Waals surface area contributed by atoms with Gasteiger partial charge < -0.3 is 30.5 Å². The number of fused-ring (bicyclic) bond motifs is 2. The molecule has 1 saturated carbocycles. The van der Waals surface area contributed by atoms with Crippen LogP contribution in [0.15, 0.2) is 0 Å². The van der Waals surface area contributed by atoms with Gasteiger partial charge in [-0.05, 0) is 0 Å². The van der Waals surface area contributed by atoms with Gasteiger partial charge in [-0.1, -0.05) is 0 Å². The highest BCUT2D eigenvalue weighted by Gasteiger charge is 2.57. The lowest BCUT2D eigenvalue weighted by atomic mass is 9.75. The van der Waals surface area contributed by atoms with Gasteiger partial charge in [-0.25, -0.2) is 4.79 Å². The first kappa shape index (κ1) is 10.6. The second kappa shape index (κ2) is 3.31. The topological polar surface area (TPSA) is 119 Å². The van der Waals surface area contributed by atoms with Crippen LogP contribution in [0, 0.1) is 0 Å². The van der Waals surface area contributed by atoms with Crippen molar-refractivity contribution in [2.75, 3.05) is 6.61 Å². The molecule has 1 aliphatic heterocycles. The first-order valence-electron chi connectivity index (χ1n) is 4.65. The van der Waals surface area contributed by atoms with Crippen molar-refractivity contribution in [3.05, 3.63) is 0 Å². The average Bonchev–Trinajstić information content (AvgIpc) is 2.23. The average molecular weight is 219 g/mol. The number of hydrogen-bond donors (Lipinski definition) is 5. The van der Waals surface area contributed by atoms with E-state index >= 15 is 0 Å². The molecule has 7 heteroatoms. The molecule has 1 amide bonds. The van der Waals surface area contributed by atoms with Crippen molar-refractivity contribution in [3.63, 3.8) is 0 Å². The van der Waals surface area contributed by atoms with Crippen LogP contribution in [0.25, 0.3) is 0 Å². The van der Waals surface area contributed by atoms with Crippen LogP contribution in [0.1, 0.15) is 6.42 Å². The van der Waals surface area contributed by atoms with Gasteiger partial charge in [0, 0.05) is 6.42 Å². The van der Waals surface area contributed by atoms with E-state index < -0.39 is 42.7 Å². The Morgan fingerprint density at radius 3 is 2.67 bits per heavy atom. The van der Waals surface area contributed by atoms with E-state index in [4.69, 9.17) is 9.84 Å². The Bertz CT molecular complexity index is 284. The number of amides is 1. The number of aliphatic hydroxyl groups is 4. The highest BCUT2D eigenvalue weighted by molar-refractivity contribution is 5.69. The minimum atomic E-state index is -1.51. The summed E-state index contributed by atoms with van der Waals surface area (Å²) in [5, 5.41) is 40.1. The van der Waals surface area contributed by atoms with E-state index in [9.17, 15) is 20.1 Å². The SMILES string of the molecule is O=C1N[C@@H]2C[C@@](CO)(O1)[C@@H](O)[C@@H](O)[C@@H]2O. The standard InChI is InChI=1S/C8H13NO6/c10-2-8-1-3(9-7(14)15-8)4(11)5(12)6(8)13/h3-6,10-13H,1-2H2,(H,9,14)/t3-,4-,5+,6+,8+/m1/s1. The lowest BCUT2D eigenvalue weighted by Gasteiger charge is -2.50. The molecule has 0 radical (unpaired) electrons. The van der Waals surface area contributed by atoms with Crippen molar-refractivity contribution in [1.82, 2.24) is 5.32 Å². The number of nitrogens with one attached hydrogen (secondary N) is 1. The summed E-state index contributed by atoms with van der Waals surface area (Å²) in [6.07, 6.45) is -4.94. The molecular formula is C8H13NO6. The van der Waals surface area contributed by atoms with E-state index in [2.05, 4.69) is 5.32 Å². The summed E-state index contributed by atoms with van der Waals surface area (Å²) in [7, 11) is 0. The van der Waals surface area contributed by atoms with Crippen LogP contribution in [0.4, 0.5) is 4.79 Å². The first-order valence-corrected chi connectivity index (χ1v) is 4.65. The molecule has 0 spiro atoms. The van der Waals surface area contributed by atoms with Gasteiger partial charge in [0.1, 0.15) is 18.3 Å². The van der Waals surface area contributed by atoms with Crippen molar-refractivity contribution in [1.29, 1.82) is 0 Å². The summed E-state index contributed by atoms with van der Waals surface area (Å²) in [6, 6.07) is -0.711. The number of carbonyl (C=O) groups is 1. The molecule has 0 aromatic rings. The third kappa shape index (κ3) is 1.39. The fraction of sp³-hybridized carbons (Fsp3) is 0.875. The Labute approximate surface area is 85.3 Å². The monoisotopic (exact) mass is 219 g/mol. The molecule has 0 unspecified atom stereocenters. The molecule has 15 heavy (non-hydrogen) atoms. The molecule has 0 aromatic heterocycles. The molecule has 1 saturated heterocycles. The fourth-order valence-electron chi connectivity index (χ4n) is 2.14. The smallest absolute Gasteiger partial charge is 0.408 e. The number of aliphatic hydroxyl groups excluding tert-OH is 4. The zero-order chi connectivity index (χ0) is 11.2. The maximum Gasteiger partial charge on any atom is 0.408 e. The van der Waals surface area contributed by atoms with E-state index in [1.54, 1.807) is 0 Å². The third-order valence-electron chi connectivity index (χ3n) is 3.06. The second-order valence-electron chi connectivity index (χ2n) is 3.99. The number of rotatable bonds is 1. The quantitative estimate of drug-likeness (QED) is 0.328. The largest absolute Gasteiger partial charge is 0.438 e. The summed E-state index contributed by atoms with van der Waals surface area (Å²) < 4.78 is 4.80. The highest BCUT2D eigenvalue weighted by atomic mass is 16.6. The molecule has 7 nitrogen and oxygen atoms in total. The molecule has 86 valence electrons. The van der Waals surface area contributed by atoms with Crippen LogP contribution in [0.3, 0.4) is 0 Å². The first-order chi connectivity index (χ1) is 7.00. The van der Waals surface area contributed by atoms with E-state index in [-0.39, 0.29) is 6.42 Å². The van der Waals surface area contributed by atoms with Gasteiger partial charge in [0.25, 0.3) is 0 Å². The van der Waals surface area contributed by atoms with E-state index in [0.717, 1.165) is 0 Å². The molecule has 1 heterocycles. The number of ether oxygens (including phenoxy) is 1. The van der Waals surface area contributed by atoms with Gasteiger partial charge in [-0.15, -0.1) is 0 Å². The Morgan fingerprint density at radius 2 is 2.07 bits per heavy atom. The minimum Gasteiger partial charge on any atom is -0.438 e. The maximum atomic E-state index is 11.1. The summed E-state index contributed by atoms with van der Waals surface area (Å²) in [6.45, 7) is -0.595. The lowest BCUT2D eigenvalue weighted by Crippen LogP contribution is -2.72. The molecule has 5 atom stereocenters. The van der Waals surface area contributed by atoms with E-state index in [0.29, 0.717) is 0 Å². The lowest BCUT2D eigenvalue weighted by molar-refractivity contribution is -0.219. The van der Waals surface area contributed by atoms with Gasteiger partial charge in [0.05, 0.1) is 12.6 Å². The van der Waals surface area contributed by atoms with Crippen molar-refractivity contribution in [3.8, 4) is 0 Å². The number of hydrogen-bond acceptors (Lipinski definition) is 6. The van der Waals surface area contributed by atoms with Crippen LogP contribution in [-0.4, -0.2) is 63.1 Å². The molecular weight excluding hydrogens is 206 g/mol. The van der Waals surface area contributed by atoms with Crippen molar-refractivity contribution >= 4 is 6.09 Å². The fourth-order valence-corrected chi connectivity index (χ4v) is 2.14. The zero-order valence-corrected chi connectivity index (χ0v) is 7.83.